The fourth-order valence-electron chi connectivity index (χ4n) is 6.28. The molecule has 3 saturated carbocycles. The summed E-state index contributed by atoms with van der Waals surface area (Å²) in [6.45, 7) is 2.52. The molecule has 10 heteroatoms. The maximum absolute atomic E-state index is 13.1. The maximum atomic E-state index is 13.1. The first-order valence-corrected chi connectivity index (χ1v) is 13.0. The van der Waals surface area contributed by atoms with E-state index < -0.39 is 51.4 Å². The van der Waals surface area contributed by atoms with Crippen molar-refractivity contribution >= 4 is 27.7 Å². The monoisotopic (exact) mass is 455 g/mol. The van der Waals surface area contributed by atoms with Crippen LogP contribution in [-0.4, -0.2) is 80.2 Å². The van der Waals surface area contributed by atoms with Crippen LogP contribution < -0.4 is 0 Å². The number of carbonyl (C=O) groups is 3. The standard InChI is InChI=1S/C21H29NO8S/c1-21(4-2-3-5-21)30-20(25)16-13-10-12-15(16)19(24)29-18(12)17(13)28-14(23)11-22-6-8-31(26,27)9-7-22/h12-13,15-18H,2-11H2,1H3. The van der Waals surface area contributed by atoms with Crippen LogP contribution in [0.15, 0.2) is 0 Å². The van der Waals surface area contributed by atoms with Gasteiger partial charge in [-0.15, -0.1) is 0 Å². The molecule has 6 unspecified atom stereocenters. The Morgan fingerprint density at radius 2 is 1.84 bits per heavy atom. The number of rotatable bonds is 5. The fraction of sp³-hybridized carbons (Fsp3) is 0.857. The predicted molar refractivity (Wildman–Crippen MR) is 106 cm³/mol. The van der Waals surface area contributed by atoms with Crippen LogP contribution in [-0.2, 0) is 38.4 Å². The second-order valence-corrected chi connectivity index (χ2v) is 12.3. The molecule has 172 valence electrons. The highest BCUT2D eigenvalue weighted by Crippen LogP contribution is 2.59. The van der Waals surface area contributed by atoms with Crippen LogP contribution >= 0.6 is 0 Å². The molecule has 2 saturated heterocycles. The molecule has 3 aliphatic carbocycles. The van der Waals surface area contributed by atoms with Crippen LogP contribution in [0.5, 0.6) is 0 Å². The molecule has 5 rings (SSSR count). The third kappa shape index (κ3) is 3.75. The summed E-state index contributed by atoms with van der Waals surface area (Å²) in [5.41, 5.74) is -0.485. The van der Waals surface area contributed by atoms with E-state index >= 15 is 0 Å². The Hall–Kier alpha value is -1.68. The van der Waals surface area contributed by atoms with Crippen molar-refractivity contribution in [3.63, 3.8) is 0 Å². The van der Waals surface area contributed by atoms with Crippen molar-refractivity contribution < 1.29 is 37.0 Å². The minimum Gasteiger partial charge on any atom is -0.459 e. The highest BCUT2D eigenvalue weighted by molar-refractivity contribution is 7.91. The van der Waals surface area contributed by atoms with E-state index in [0.717, 1.165) is 25.7 Å². The van der Waals surface area contributed by atoms with Gasteiger partial charge in [0.1, 0.15) is 17.8 Å². The molecular formula is C21H29NO8S. The highest BCUT2D eigenvalue weighted by Gasteiger charge is 2.70. The van der Waals surface area contributed by atoms with Crippen LogP contribution in [0.1, 0.15) is 39.0 Å². The van der Waals surface area contributed by atoms with Gasteiger partial charge in [-0.3, -0.25) is 19.3 Å². The van der Waals surface area contributed by atoms with E-state index in [1.807, 2.05) is 6.92 Å². The number of fused-ring (bicyclic) bond motifs is 1. The Morgan fingerprint density at radius 3 is 2.52 bits per heavy atom. The molecule has 2 bridgehead atoms. The molecule has 5 fully saturated rings. The SMILES string of the molecule is CC1(OC(=O)C2C3CC4C(OC(=O)C42)C3OC(=O)CN2CCS(=O)(=O)CC2)CCCC1. The molecule has 31 heavy (non-hydrogen) atoms. The molecular weight excluding hydrogens is 426 g/mol. The summed E-state index contributed by atoms with van der Waals surface area (Å²) in [4.78, 5) is 40.0. The Bertz CT molecular complexity index is 881. The molecule has 0 amide bonds. The van der Waals surface area contributed by atoms with Crippen molar-refractivity contribution in [1.29, 1.82) is 0 Å². The fourth-order valence-corrected chi connectivity index (χ4v) is 7.56. The number of nitrogens with zero attached hydrogens (tertiary/aromatic N) is 1. The van der Waals surface area contributed by atoms with Crippen molar-refractivity contribution in [3.05, 3.63) is 0 Å². The minimum absolute atomic E-state index is 0.0132. The molecule has 2 aliphatic heterocycles. The lowest BCUT2D eigenvalue weighted by atomic mass is 9.78. The van der Waals surface area contributed by atoms with E-state index in [0.29, 0.717) is 19.5 Å². The number of hydrogen-bond acceptors (Lipinski definition) is 9. The second-order valence-electron chi connectivity index (χ2n) is 9.98. The average Bonchev–Trinajstić information content (AvgIpc) is 3.41. The Balaban J connectivity index is 1.25. The van der Waals surface area contributed by atoms with Crippen molar-refractivity contribution in [2.24, 2.45) is 23.7 Å². The quantitative estimate of drug-likeness (QED) is 0.426. The van der Waals surface area contributed by atoms with Gasteiger partial charge in [0.25, 0.3) is 0 Å². The summed E-state index contributed by atoms with van der Waals surface area (Å²) in [6, 6.07) is 0. The summed E-state index contributed by atoms with van der Waals surface area (Å²) in [5.74, 6) is -2.73. The van der Waals surface area contributed by atoms with Crippen molar-refractivity contribution in [1.82, 2.24) is 4.90 Å². The number of hydrogen-bond donors (Lipinski definition) is 0. The molecule has 0 radical (unpaired) electrons. The molecule has 0 aromatic carbocycles. The topological polar surface area (TPSA) is 116 Å². The van der Waals surface area contributed by atoms with E-state index in [1.54, 1.807) is 4.90 Å². The summed E-state index contributed by atoms with van der Waals surface area (Å²) < 4.78 is 40.3. The van der Waals surface area contributed by atoms with Crippen LogP contribution in [0.4, 0.5) is 0 Å². The summed E-state index contributed by atoms with van der Waals surface area (Å²) in [6.07, 6.45) is 3.14. The van der Waals surface area contributed by atoms with Gasteiger partial charge in [-0.1, -0.05) is 0 Å². The summed E-state index contributed by atoms with van der Waals surface area (Å²) >= 11 is 0. The average molecular weight is 456 g/mol. The molecule has 0 N–H and O–H groups in total. The van der Waals surface area contributed by atoms with Crippen molar-refractivity contribution in [3.8, 4) is 0 Å². The maximum Gasteiger partial charge on any atom is 0.320 e. The smallest absolute Gasteiger partial charge is 0.320 e. The first kappa shape index (κ1) is 21.2. The van der Waals surface area contributed by atoms with Crippen LogP contribution in [0.2, 0.25) is 0 Å². The van der Waals surface area contributed by atoms with Crippen LogP contribution in [0, 0.1) is 23.7 Å². The molecule has 0 aromatic rings. The zero-order valence-electron chi connectivity index (χ0n) is 17.7. The van der Waals surface area contributed by atoms with Crippen molar-refractivity contribution in [2.75, 3.05) is 31.1 Å². The van der Waals surface area contributed by atoms with Gasteiger partial charge in [-0.25, -0.2) is 8.42 Å². The molecule has 0 spiro atoms. The van der Waals surface area contributed by atoms with Gasteiger partial charge >= 0.3 is 17.9 Å². The first-order valence-electron chi connectivity index (χ1n) is 11.2. The zero-order valence-corrected chi connectivity index (χ0v) is 18.5. The van der Waals surface area contributed by atoms with Crippen LogP contribution in [0.3, 0.4) is 0 Å². The lowest BCUT2D eigenvalue weighted by Crippen LogP contribution is -2.47. The number of ether oxygens (including phenoxy) is 3. The summed E-state index contributed by atoms with van der Waals surface area (Å²) in [5, 5.41) is 0. The van der Waals surface area contributed by atoms with Crippen molar-refractivity contribution in [2.45, 2.75) is 56.8 Å². The van der Waals surface area contributed by atoms with Gasteiger partial charge in [0.05, 0.1) is 29.9 Å². The predicted octanol–water partition coefficient (Wildman–Crippen LogP) is 0.312. The van der Waals surface area contributed by atoms with E-state index in [9.17, 15) is 22.8 Å². The van der Waals surface area contributed by atoms with E-state index in [2.05, 4.69) is 0 Å². The number of sulfone groups is 1. The third-order valence-corrected chi connectivity index (χ3v) is 9.49. The molecule has 2 heterocycles. The zero-order chi connectivity index (χ0) is 22.0. The molecule has 0 aromatic heterocycles. The Morgan fingerprint density at radius 1 is 1.16 bits per heavy atom. The van der Waals surface area contributed by atoms with Gasteiger partial charge in [0.15, 0.2) is 9.84 Å². The minimum atomic E-state index is -3.03. The highest BCUT2D eigenvalue weighted by atomic mass is 32.2. The molecule has 6 atom stereocenters. The van der Waals surface area contributed by atoms with Gasteiger partial charge < -0.3 is 14.2 Å². The second kappa shape index (κ2) is 7.43. The third-order valence-electron chi connectivity index (χ3n) is 7.88. The lowest BCUT2D eigenvalue weighted by Gasteiger charge is -2.33. The number of esters is 3. The van der Waals surface area contributed by atoms with E-state index in [-0.39, 0.29) is 35.9 Å². The molecule has 9 nitrogen and oxygen atoms in total. The largest absolute Gasteiger partial charge is 0.459 e. The Labute approximate surface area is 181 Å². The van der Waals surface area contributed by atoms with E-state index in [4.69, 9.17) is 14.2 Å². The van der Waals surface area contributed by atoms with Gasteiger partial charge in [-0.2, -0.15) is 0 Å². The molecule has 5 aliphatic rings. The summed E-state index contributed by atoms with van der Waals surface area (Å²) in [7, 11) is -3.03. The normalized spacial score (nSPS) is 40.0. The van der Waals surface area contributed by atoms with Gasteiger partial charge in [-0.05, 0) is 39.0 Å². The Kier molecular flexibility index (Phi) is 5.08. The van der Waals surface area contributed by atoms with Gasteiger partial charge in [0, 0.05) is 24.9 Å². The number of carbonyl (C=O) groups excluding carboxylic acids is 3. The van der Waals surface area contributed by atoms with Gasteiger partial charge in [0.2, 0.25) is 0 Å². The lowest BCUT2D eigenvalue weighted by molar-refractivity contribution is -0.173. The van der Waals surface area contributed by atoms with Crippen LogP contribution in [0.25, 0.3) is 0 Å². The first-order chi connectivity index (χ1) is 14.7. The van der Waals surface area contributed by atoms with E-state index in [1.165, 1.54) is 0 Å².